The quantitative estimate of drug-likeness (QED) is 0.346. The summed E-state index contributed by atoms with van der Waals surface area (Å²) in [5.74, 6) is 1.53. The van der Waals surface area contributed by atoms with Crippen molar-refractivity contribution >= 4 is 17.3 Å². The second-order valence-corrected chi connectivity index (χ2v) is 10.8. The molecule has 2 aliphatic rings. The van der Waals surface area contributed by atoms with E-state index in [0.717, 1.165) is 57.3 Å². The fourth-order valence-corrected chi connectivity index (χ4v) is 5.23. The van der Waals surface area contributed by atoms with Gasteiger partial charge in [0.2, 0.25) is 11.8 Å². The Balaban J connectivity index is 1.23. The van der Waals surface area contributed by atoms with Crippen LogP contribution in [-0.4, -0.2) is 54.4 Å². The average Bonchev–Trinajstić information content (AvgIpc) is 3.63. The lowest BCUT2D eigenvalue weighted by atomic mass is 9.91. The number of nitrogens with one attached hydrogen (secondary N) is 1. The van der Waals surface area contributed by atoms with E-state index in [1.54, 1.807) is 18.7 Å². The molecule has 1 saturated carbocycles. The van der Waals surface area contributed by atoms with Crippen molar-refractivity contribution in [1.82, 2.24) is 29.7 Å². The zero-order valence-electron chi connectivity index (χ0n) is 21.6. The van der Waals surface area contributed by atoms with Crippen LogP contribution in [0, 0.1) is 0 Å². The van der Waals surface area contributed by atoms with Gasteiger partial charge in [-0.05, 0) is 69.7 Å². The second-order valence-electron chi connectivity index (χ2n) is 10.8. The summed E-state index contributed by atoms with van der Waals surface area (Å²) >= 11 is 0. The molecule has 2 fully saturated rings. The molecule has 6 rings (SSSR count). The lowest BCUT2D eigenvalue weighted by molar-refractivity contribution is 0.304. The molecule has 0 bridgehead atoms. The molecule has 198 valence electrons. The molecule has 11 heteroatoms. The first-order valence-corrected chi connectivity index (χ1v) is 13.3. The van der Waals surface area contributed by atoms with Crippen LogP contribution in [0.1, 0.15) is 51.5 Å². The number of nitrogens with two attached hydrogens (primary N) is 2. The first-order chi connectivity index (χ1) is 18.4. The number of hydrogen-bond acceptors (Lipinski definition) is 10. The zero-order chi connectivity index (χ0) is 26.1. The molecule has 1 aliphatic heterocycles. The maximum Gasteiger partial charge on any atom is 0.227 e. The first kappa shape index (κ1) is 24.5. The van der Waals surface area contributed by atoms with Crippen LogP contribution in [0.2, 0.25) is 0 Å². The van der Waals surface area contributed by atoms with Crippen LogP contribution < -0.4 is 21.7 Å². The smallest absolute Gasteiger partial charge is 0.227 e. The Morgan fingerprint density at radius 1 is 1.03 bits per heavy atom. The van der Waals surface area contributed by atoms with Crippen molar-refractivity contribution in [3.05, 3.63) is 49.4 Å². The van der Waals surface area contributed by atoms with Crippen LogP contribution in [0.25, 0.3) is 22.8 Å². The monoisotopic (exact) mass is 514 g/mol. The van der Waals surface area contributed by atoms with Crippen molar-refractivity contribution in [3.63, 3.8) is 0 Å². The summed E-state index contributed by atoms with van der Waals surface area (Å²) in [5, 5.41) is 8.11. The molecule has 0 unspecified atom stereocenters. The Hall–Kier alpha value is -3.83. The van der Waals surface area contributed by atoms with Crippen molar-refractivity contribution in [2.24, 2.45) is 11.5 Å². The Kier molecular flexibility index (Phi) is 6.54. The van der Waals surface area contributed by atoms with Gasteiger partial charge in [0.05, 0.1) is 17.8 Å². The minimum absolute atomic E-state index is 0.0699. The molecular formula is C27H34N10O. The standard InChI is InChI=1S/C27H34N10O/c1-27(29)10-12-36(13-11-27)20-8-4-19(5-9-20)33-26-31-14-22(23-15-30-17-38-23)24(34-26)25-32-16-37(35-25)21-6-2-18(28)3-7-21/h4-5,8-9,14-18,21H,2-3,6-7,10-13,28-29H2,1H3,(H,31,33,34)/t18-,21+. The minimum atomic E-state index is -0.0699. The van der Waals surface area contributed by atoms with E-state index < -0.39 is 0 Å². The fraction of sp³-hybridized carbons (Fsp3) is 0.444. The van der Waals surface area contributed by atoms with Gasteiger partial charge in [-0.3, -0.25) is 0 Å². The predicted molar refractivity (Wildman–Crippen MR) is 146 cm³/mol. The van der Waals surface area contributed by atoms with Crippen molar-refractivity contribution in [2.75, 3.05) is 23.3 Å². The number of aromatic nitrogens is 6. The molecule has 0 atom stereocenters. The van der Waals surface area contributed by atoms with E-state index in [4.69, 9.17) is 26.0 Å². The third kappa shape index (κ3) is 5.25. The molecule has 1 aromatic carbocycles. The summed E-state index contributed by atoms with van der Waals surface area (Å²) in [7, 11) is 0. The highest BCUT2D eigenvalue weighted by Crippen LogP contribution is 2.32. The summed E-state index contributed by atoms with van der Waals surface area (Å²) in [6.45, 7) is 4.05. The Labute approximate surface area is 221 Å². The number of rotatable bonds is 6. The largest absolute Gasteiger partial charge is 0.443 e. The summed E-state index contributed by atoms with van der Waals surface area (Å²) in [6, 6.07) is 8.88. The molecule has 11 nitrogen and oxygen atoms in total. The summed E-state index contributed by atoms with van der Waals surface area (Å²) in [6.07, 6.45) is 12.5. The zero-order valence-corrected chi connectivity index (χ0v) is 21.6. The van der Waals surface area contributed by atoms with Crippen LogP contribution in [0.5, 0.6) is 0 Å². The lowest BCUT2D eigenvalue weighted by Crippen LogP contribution is -2.48. The molecule has 5 N–H and O–H groups in total. The van der Waals surface area contributed by atoms with Crippen molar-refractivity contribution in [1.29, 1.82) is 0 Å². The molecule has 0 spiro atoms. The third-order valence-electron chi connectivity index (χ3n) is 7.72. The molecule has 0 amide bonds. The molecule has 1 saturated heterocycles. The van der Waals surface area contributed by atoms with Gasteiger partial charge in [-0.1, -0.05) is 0 Å². The highest BCUT2D eigenvalue weighted by atomic mass is 16.3. The number of anilines is 3. The van der Waals surface area contributed by atoms with Crippen LogP contribution >= 0.6 is 0 Å². The van der Waals surface area contributed by atoms with Gasteiger partial charge in [-0.15, -0.1) is 5.10 Å². The Bertz CT molecular complexity index is 1350. The Morgan fingerprint density at radius 2 is 1.79 bits per heavy atom. The van der Waals surface area contributed by atoms with Gasteiger partial charge >= 0.3 is 0 Å². The third-order valence-corrected chi connectivity index (χ3v) is 7.72. The first-order valence-electron chi connectivity index (χ1n) is 13.3. The predicted octanol–water partition coefficient (Wildman–Crippen LogP) is 3.89. The molecule has 1 aliphatic carbocycles. The van der Waals surface area contributed by atoms with Crippen molar-refractivity contribution in [3.8, 4) is 22.8 Å². The van der Waals surface area contributed by atoms with E-state index in [9.17, 15) is 0 Å². The van der Waals surface area contributed by atoms with E-state index in [1.807, 2.05) is 16.8 Å². The summed E-state index contributed by atoms with van der Waals surface area (Å²) in [5.41, 5.74) is 15.7. The topological polar surface area (TPSA) is 150 Å². The van der Waals surface area contributed by atoms with Crippen LogP contribution in [-0.2, 0) is 0 Å². The molecule has 3 aromatic heterocycles. The Morgan fingerprint density at radius 3 is 2.50 bits per heavy atom. The molecule has 0 radical (unpaired) electrons. The highest BCUT2D eigenvalue weighted by Gasteiger charge is 2.26. The molecule has 4 aromatic rings. The maximum absolute atomic E-state index is 6.29. The van der Waals surface area contributed by atoms with Gasteiger partial charge in [0.25, 0.3) is 0 Å². The van der Waals surface area contributed by atoms with Crippen LogP contribution in [0.15, 0.2) is 53.8 Å². The van der Waals surface area contributed by atoms with Crippen molar-refractivity contribution < 1.29 is 4.42 Å². The van der Waals surface area contributed by atoms with E-state index in [1.165, 1.54) is 12.1 Å². The molecular weight excluding hydrogens is 480 g/mol. The van der Waals surface area contributed by atoms with Gasteiger partial charge < -0.3 is 26.1 Å². The lowest BCUT2D eigenvalue weighted by Gasteiger charge is -2.38. The number of nitrogens with zero attached hydrogens (tertiary/aromatic N) is 7. The number of oxazole rings is 1. The second kappa shape index (κ2) is 10.1. The number of benzene rings is 1. The summed E-state index contributed by atoms with van der Waals surface area (Å²) in [4.78, 5) is 20.4. The van der Waals surface area contributed by atoms with Gasteiger partial charge in [-0.25, -0.2) is 24.6 Å². The van der Waals surface area contributed by atoms with Gasteiger partial charge in [0, 0.05) is 42.2 Å². The number of piperidine rings is 1. The van der Waals surface area contributed by atoms with E-state index >= 15 is 0 Å². The fourth-order valence-electron chi connectivity index (χ4n) is 5.23. The van der Waals surface area contributed by atoms with E-state index in [-0.39, 0.29) is 11.6 Å². The number of hydrogen-bond donors (Lipinski definition) is 3. The average molecular weight is 515 g/mol. The van der Waals surface area contributed by atoms with Crippen LogP contribution in [0.4, 0.5) is 17.3 Å². The van der Waals surface area contributed by atoms with E-state index in [2.05, 4.69) is 44.2 Å². The van der Waals surface area contributed by atoms with E-state index in [0.29, 0.717) is 34.8 Å². The van der Waals surface area contributed by atoms with Crippen molar-refractivity contribution in [2.45, 2.75) is 63.1 Å². The minimum Gasteiger partial charge on any atom is -0.443 e. The molecule has 38 heavy (non-hydrogen) atoms. The SMILES string of the molecule is CC1(N)CCN(c2ccc(Nc3ncc(-c4cnco4)c(-c4ncn([C@H]5CC[C@@H](N)CC5)n4)n3)cc2)CC1. The van der Waals surface area contributed by atoms with Gasteiger partial charge in [-0.2, -0.15) is 0 Å². The van der Waals surface area contributed by atoms with Crippen LogP contribution in [0.3, 0.4) is 0 Å². The van der Waals surface area contributed by atoms with Gasteiger partial charge in [0.15, 0.2) is 12.2 Å². The normalized spacial score (nSPS) is 21.4. The maximum atomic E-state index is 6.29. The summed E-state index contributed by atoms with van der Waals surface area (Å²) < 4.78 is 7.50. The highest BCUT2D eigenvalue weighted by molar-refractivity contribution is 5.75. The van der Waals surface area contributed by atoms with Gasteiger partial charge in [0.1, 0.15) is 12.0 Å². The molecule has 4 heterocycles.